The molecule has 0 fully saturated rings. The number of hydrogen-bond donors (Lipinski definition) is 0. The van der Waals surface area contributed by atoms with E-state index in [1.807, 2.05) is 19.9 Å². The van der Waals surface area contributed by atoms with Crippen molar-refractivity contribution in [3.63, 3.8) is 0 Å². The smallest absolute Gasteiger partial charge is 0.325 e. The first-order valence-corrected chi connectivity index (χ1v) is 6.71. The van der Waals surface area contributed by atoms with Gasteiger partial charge in [-0.3, -0.25) is 9.59 Å². The van der Waals surface area contributed by atoms with E-state index in [9.17, 15) is 9.59 Å². The molecular weight excluding hydrogens is 258 g/mol. The molecule has 0 atom stereocenters. The van der Waals surface area contributed by atoms with Crippen molar-refractivity contribution in [2.24, 2.45) is 0 Å². The summed E-state index contributed by atoms with van der Waals surface area (Å²) in [4.78, 5) is 25.4. The van der Waals surface area contributed by atoms with Crippen LogP contribution in [0.25, 0.3) is 0 Å². The second-order valence-electron chi connectivity index (χ2n) is 4.23. The van der Waals surface area contributed by atoms with E-state index in [-0.39, 0.29) is 12.5 Å². The number of amides is 1. The molecule has 0 aromatic heterocycles. The molecule has 20 heavy (non-hydrogen) atoms. The van der Waals surface area contributed by atoms with E-state index in [4.69, 9.17) is 4.74 Å². The minimum Gasteiger partial charge on any atom is -0.493 e. The van der Waals surface area contributed by atoms with Crippen molar-refractivity contribution in [1.29, 1.82) is 0 Å². The summed E-state index contributed by atoms with van der Waals surface area (Å²) in [6, 6.07) is 7.04. The van der Waals surface area contributed by atoms with Crippen LogP contribution in [0.4, 0.5) is 0 Å². The lowest BCUT2D eigenvalue weighted by atomic mass is 10.1. The van der Waals surface area contributed by atoms with E-state index in [0.717, 1.165) is 6.42 Å². The van der Waals surface area contributed by atoms with Crippen LogP contribution in [-0.2, 0) is 9.53 Å². The van der Waals surface area contributed by atoms with Crippen LogP contribution in [0.5, 0.6) is 5.75 Å². The summed E-state index contributed by atoms with van der Waals surface area (Å²) < 4.78 is 10.1. The van der Waals surface area contributed by atoms with E-state index in [0.29, 0.717) is 24.5 Å². The average molecular weight is 279 g/mol. The zero-order valence-corrected chi connectivity index (χ0v) is 12.2. The lowest BCUT2D eigenvalue weighted by Crippen LogP contribution is -2.37. The number of carbonyl (C=O) groups excluding carboxylic acids is 2. The number of rotatable bonds is 7. The third-order valence-electron chi connectivity index (χ3n) is 2.75. The van der Waals surface area contributed by atoms with Crippen LogP contribution < -0.4 is 4.74 Å². The molecule has 110 valence electrons. The summed E-state index contributed by atoms with van der Waals surface area (Å²) >= 11 is 0. The van der Waals surface area contributed by atoms with Gasteiger partial charge in [0.05, 0.1) is 19.3 Å². The molecule has 0 saturated heterocycles. The van der Waals surface area contributed by atoms with Gasteiger partial charge in [0, 0.05) is 6.54 Å². The van der Waals surface area contributed by atoms with E-state index in [1.165, 1.54) is 12.0 Å². The Kier molecular flexibility index (Phi) is 6.56. The number of ether oxygens (including phenoxy) is 2. The largest absolute Gasteiger partial charge is 0.493 e. The van der Waals surface area contributed by atoms with Crippen LogP contribution in [0.2, 0.25) is 0 Å². The van der Waals surface area contributed by atoms with Crippen molar-refractivity contribution >= 4 is 11.9 Å². The first-order chi connectivity index (χ1) is 9.63. The summed E-state index contributed by atoms with van der Waals surface area (Å²) in [6.45, 7) is 4.73. The normalized spacial score (nSPS) is 9.95. The summed E-state index contributed by atoms with van der Waals surface area (Å²) in [7, 11) is 1.31. The van der Waals surface area contributed by atoms with Crippen molar-refractivity contribution in [2.75, 3.05) is 26.8 Å². The molecule has 1 rings (SSSR count). The SMILES string of the molecule is CCCN(CC(=O)OC)C(=O)c1ccccc1OCC. The number of carbonyl (C=O) groups is 2. The maximum Gasteiger partial charge on any atom is 0.325 e. The van der Waals surface area contributed by atoms with Gasteiger partial charge in [-0.05, 0) is 25.5 Å². The summed E-state index contributed by atoms with van der Waals surface area (Å²) in [5.74, 6) is -0.118. The van der Waals surface area contributed by atoms with Gasteiger partial charge in [-0.15, -0.1) is 0 Å². The van der Waals surface area contributed by atoms with Gasteiger partial charge < -0.3 is 14.4 Å². The number of para-hydroxylation sites is 1. The van der Waals surface area contributed by atoms with Crippen LogP contribution in [0.3, 0.4) is 0 Å². The first kappa shape index (κ1) is 16.0. The monoisotopic (exact) mass is 279 g/mol. The van der Waals surface area contributed by atoms with E-state index in [1.54, 1.807) is 18.2 Å². The lowest BCUT2D eigenvalue weighted by molar-refractivity contribution is -0.141. The van der Waals surface area contributed by atoms with Crippen LogP contribution >= 0.6 is 0 Å². The number of methoxy groups -OCH3 is 1. The Morgan fingerprint density at radius 2 is 1.90 bits per heavy atom. The van der Waals surface area contributed by atoms with E-state index in [2.05, 4.69) is 4.74 Å². The minimum absolute atomic E-state index is 0.0520. The molecule has 0 saturated carbocycles. The first-order valence-electron chi connectivity index (χ1n) is 6.71. The van der Waals surface area contributed by atoms with Gasteiger partial charge in [-0.25, -0.2) is 0 Å². The number of nitrogens with zero attached hydrogens (tertiary/aromatic N) is 1. The average Bonchev–Trinajstić information content (AvgIpc) is 2.47. The Labute approximate surface area is 119 Å². The fourth-order valence-electron chi connectivity index (χ4n) is 1.84. The predicted octanol–water partition coefficient (Wildman–Crippen LogP) is 2.11. The maximum atomic E-state index is 12.5. The molecule has 0 N–H and O–H groups in total. The van der Waals surface area contributed by atoms with Crippen LogP contribution in [-0.4, -0.2) is 43.6 Å². The summed E-state index contributed by atoms with van der Waals surface area (Å²) in [6.07, 6.45) is 0.763. The van der Waals surface area contributed by atoms with Crippen molar-refractivity contribution in [3.8, 4) is 5.75 Å². The van der Waals surface area contributed by atoms with Crippen LogP contribution in [0, 0.1) is 0 Å². The molecule has 0 bridgehead atoms. The zero-order valence-electron chi connectivity index (χ0n) is 12.2. The number of hydrogen-bond acceptors (Lipinski definition) is 4. The second-order valence-corrected chi connectivity index (χ2v) is 4.23. The third kappa shape index (κ3) is 4.26. The van der Waals surface area contributed by atoms with Crippen molar-refractivity contribution in [1.82, 2.24) is 4.90 Å². The van der Waals surface area contributed by atoms with Crippen LogP contribution in [0.1, 0.15) is 30.6 Å². The molecule has 1 aromatic carbocycles. The molecule has 5 heteroatoms. The molecule has 0 aliphatic rings. The summed E-state index contributed by atoms with van der Waals surface area (Å²) in [5, 5.41) is 0. The topological polar surface area (TPSA) is 55.8 Å². The highest BCUT2D eigenvalue weighted by molar-refractivity contribution is 5.98. The highest BCUT2D eigenvalue weighted by Gasteiger charge is 2.21. The van der Waals surface area contributed by atoms with Gasteiger partial charge in [-0.1, -0.05) is 19.1 Å². The van der Waals surface area contributed by atoms with Gasteiger partial charge >= 0.3 is 5.97 Å². The van der Waals surface area contributed by atoms with Gasteiger partial charge in [-0.2, -0.15) is 0 Å². The van der Waals surface area contributed by atoms with E-state index >= 15 is 0 Å². The predicted molar refractivity (Wildman–Crippen MR) is 75.8 cm³/mol. The molecule has 1 aromatic rings. The second kappa shape index (κ2) is 8.19. The zero-order chi connectivity index (χ0) is 15.0. The fourth-order valence-corrected chi connectivity index (χ4v) is 1.84. The van der Waals surface area contributed by atoms with E-state index < -0.39 is 5.97 Å². The standard InChI is InChI=1S/C15H21NO4/c1-4-10-16(11-14(17)19-3)15(18)12-8-6-7-9-13(12)20-5-2/h6-9H,4-5,10-11H2,1-3H3. The quantitative estimate of drug-likeness (QED) is 0.717. The van der Waals surface area contributed by atoms with Crippen molar-refractivity contribution in [3.05, 3.63) is 29.8 Å². The Morgan fingerprint density at radius 1 is 1.20 bits per heavy atom. The van der Waals surface area contributed by atoms with Crippen molar-refractivity contribution in [2.45, 2.75) is 20.3 Å². The highest BCUT2D eigenvalue weighted by Crippen LogP contribution is 2.20. The summed E-state index contributed by atoms with van der Waals surface area (Å²) in [5.41, 5.74) is 0.465. The Hall–Kier alpha value is -2.04. The molecule has 1 amide bonds. The Morgan fingerprint density at radius 3 is 2.50 bits per heavy atom. The third-order valence-corrected chi connectivity index (χ3v) is 2.75. The van der Waals surface area contributed by atoms with Crippen molar-refractivity contribution < 1.29 is 19.1 Å². The molecule has 0 aliphatic carbocycles. The van der Waals surface area contributed by atoms with Gasteiger partial charge in [0.1, 0.15) is 12.3 Å². The van der Waals surface area contributed by atoms with Gasteiger partial charge in [0.2, 0.25) is 0 Å². The molecule has 0 unspecified atom stereocenters. The lowest BCUT2D eigenvalue weighted by Gasteiger charge is -2.22. The van der Waals surface area contributed by atoms with Crippen LogP contribution in [0.15, 0.2) is 24.3 Å². The Balaban J connectivity index is 2.96. The maximum absolute atomic E-state index is 12.5. The fraction of sp³-hybridized carbons (Fsp3) is 0.467. The molecule has 0 spiro atoms. The molecule has 5 nitrogen and oxygen atoms in total. The van der Waals surface area contributed by atoms with Gasteiger partial charge in [0.25, 0.3) is 5.91 Å². The Bertz CT molecular complexity index is 459. The highest BCUT2D eigenvalue weighted by atomic mass is 16.5. The molecular formula is C15H21NO4. The van der Waals surface area contributed by atoms with Gasteiger partial charge in [0.15, 0.2) is 0 Å². The minimum atomic E-state index is -0.430. The molecule has 0 radical (unpaired) electrons. The molecule has 0 aliphatic heterocycles. The molecule has 0 heterocycles. The number of benzene rings is 1. The number of esters is 1.